The summed E-state index contributed by atoms with van der Waals surface area (Å²) in [7, 11) is 0. The van der Waals surface area contributed by atoms with Gasteiger partial charge >= 0.3 is 0 Å². The van der Waals surface area contributed by atoms with E-state index in [1.54, 1.807) is 36.4 Å². The van der Waals surface area contributed by atoms with Crippen molar-refractivity contribution in [1.29, 1.82) is 5.26 Å². The summed E-state index contributed by atoms with van der Waals surface area (Å²) in [6, 6.07) is 21.1. The fourth-order valence-corrected chi connectivity index (χ4v) is 4.49. The van der Waals surface area contributed by atoms with Crippen LogP contribution in [0, 0.1) is 17.1 Å². The van der Waals surface area contributed by atoms with Gasteiger partial charge in [0.2, 0.25) is 0 Å². The van der Waals surface area contributed by atoms with Gasteiger partial charge in [0.05, 0.1) is 36.1 Å². The van der Waals surface area contributed by atoms with E-state index in [0.29, 0.717) is 48.2 Å². The quantitative estimate of drug-likeness (QED) is 0.484. The van der Waals surface area contributed by atoms with Crippen LogP contribution < -0.4 is 9.64 Å². The summed E-state index contributed by atoms with van der Waals surface area (Å²) >= 11 is 6.11. The van der Waals surface area contributed by atoms with E-state index in [-0.39, 0.29) is 19.3 Å². The number of aliphatic hydroxyl groups is 2. The lowest BCUT2D eigenvalue weighted by Gasteiger charge is -2.43. The second-order valence-electron chi connectivity index (χ2n) is 8.46. The van der Waals surface area contributed by atoms with Crippen molar-refractivity contribution in [1.82, 2.24) is 4.90 Å². The van der Waals surface area contributed by atoms with Gasteiger partial charge in [-0.05, 0) is 47.5 Å². The molecule has 8 heteroatoms. The zero-order valence-electron chi connectivity index (χ0n) is 19.1. The molecule has 0 aromatic heterocycles. The molecule has 2 atom stereocenters. The van der Waals surface area contributed by atoms with Crippen molar-refractivity contribution in [3.63, 3.8) is 0 Å². The zero-order chi connectivity index (χ0) is 24.8. The summed E-state index contributed by atoms with van der Waals surface area (Å²) in [5.74, 6) is -0.0296. The molecule has 1 aliphatic rings. The summed E-state index contributed by atoms with van der Waals surface area (Å²) in [6.45, 7) is 2.16. The normalized spacial score (nSPS) is 17.1. The van der Waals surface area contributed by atoms with Crippen LogP contribution in [0.4, 0.5) is 10.1 Å². The van der Waals surface area contributed by atoms with Gasteiger partial charge in [0.15, 0.2) is 0 Å². The van der Waals surface area contributed by atoms with Crippen LogP contribution in [0.25, 0.3) is 0 Å². The van der Waals surface area contributed by atoms with Crippen molar-refractivity contribution < 1.29 is 19.3 Å². The first-order valence-corrected chi connectivity index (χ1v) is 11.8. The molecule has 0 aliphatic carbocycles. The highest BCUT2D eigenvalue weighted by atomic mass is 35.5. The number of anilines is 1. The van der Waals surface area contributed by atoms with Crippen LogP contribution in [0.5, 0.6) is 5.75 Å². The van der Waals surface area contributed by atoms with E-state index in [1.165, 1.54) is 6.07 Å². The van der Waals surface area contributed by atoms with Gasteiger partial charge < -0.3 is 19.8 Å². The van der Waals surface area contributed by atoms with Crippen LogP contribution in [0.2, 0.25) is 5.02 Å². The molecule has 0 spiro atoms. The number of hydrogen-bond acceptors (Lipinski definition) is 6. The first-order valence-electron chi connectivity index (χ1n) is 11.4. The van der Waals surface area contributed by atoms with Crippen LogP contribution >= 0.6 is 11.6 Å². The van der Waals surface area contributed by atoms with Crippen LogP contribution in [-0.4, -0.2) is 54.5 Å². The highest BCUT2D eigenvalue weighted by Gasteiger charge is 2.31. The molecule has 0 bridgehead atoms. The first-order chi connectivity index (χ1) is 17.0. The maximum atomic E-state index is 15.1. The van der Waals surface area contributed by atoms with E-state index in [4.69, 9.17) is 26.7 Å². The van der Waals surface area contributed by atoms with E-state index in [0.717, 1.165) is 11.1 Å². The highest BCUT2D eigenvalue weighted by molar-refractivity contribution is 6.30. The fraction of sp³-hybridized carbons (Fsp3) is 0.296. The molecule has 1 heterocycles. The van der Waals surface area contributed by atoms with Crippen molar-refractivity contribution >= 4 is 17.3 Å². The Bertz CT molecular complexity index is 1170. The van der Waals surface area contributed by atoms with Gasteiger partial charge in [0.25, 0.3) is 0 Å². The molecular weight excluding hydrogens is 469 g/mol. The molecule has 3 aromatic rings. The van der Waals surface area contributed by atoms with Crippen LogP contribution in [0.1, 0.15) is 28.8 Å². The third-order valence-corrected chi connectivity index (χ3v) is 6.42. The summed E-state index contributed by atoms with van der Waals surface area (Å²) in [4.78, 5) is 4.19. The maximum Gasteiger partial charge on any atom is 0.150 e. The van der Waals surface area contributed by atoms with Crippen LogP contribution in [0.3, 0.4) is 0 Å². The lowest BCUT2D eigenvalue weighted by atomic mass is 10.00. The Hall–Kier alpha value is -3.15. The Morgan fingerprint density at radius 2 is 1.83 bits per heavy atom. The molecular formula is C27H27ClFN3O3. The van der Waals surface area contributed by atoms with Crippen molar-refractivity contribution in [2.24, 2.45) is 0 Å². The number of halogens is 2. The number of benzene rings is 3. The number of hydrogen-bond donors (Lipinski definition) is 2. The van der Waals surface area contributed by atoms with E-state index in [1.807, 2.05) is 29.2 Å². The number of rotatable bonds is 8. The van der Waals surface area contributed by atoms with Gasteiger partial charge in [0.1, 0.15) is 18.2 Å². The number of nitriles is 1. The van der Waals surface area contributed by atoms with Gasteiger partial charge in [0, 0.05) is 37.3 Å². The Labute approximate surface area is 209 Å². The predicted molar refractivity (Wildman–Crippen MR) is 133 cm³/mol. The van der Waals surface area contributed by atoms with Gasteiger partial charge in [-0.15, -0.1) is 0 Å². The van der Waals surface area contributed by atoms with Gasteiger partial charge in [-0.2, -0.15) is 5.26 Å². The Morgan fingerprint density at radius 1 is 1.09 bits per heavy atom. The van der Waals surface area contributed by atoms with Crippen LogP contribution in [0.15, 0.2) is 66.7 Å². The second-order valence-corrected chi connectivity index (χ2v) is 8.89. The molecule has 1 fully saturated rings. The Balaban J connectivity index is 1.55. The minimum absolute atomic E-state index is 0.104. The number of piperazine rings is 1. The van der Waals surface area contributed by atoms with Crippen LogP contribution in [-0.2, 0) is 0 Å². The third-order valence-electron chi connectivity index (χ3n) is 6.16. The molecule has 182 valence electrons. The second kappa shape index (κ2) is 11.5. The summed E-state index contributed by atoms with van der Waals surface area (Å²) in [6.07, 6.45) is -0.708. The van der Waals surface area contributed by atoms with E-state index < -0.39 is 11.9 Å². The molecule has 3 aromatic carbocycles. The average molecular weight is 496 g/mol. The topological polar surface area (TPSA) is 80.0 Å². The SMILES string of the molecule is N#Cc1ccc([C@H](O)CN2CCN(c3ccc(OCCO)cc3F)[C@H](c3ccc(Cl)cc3)C2)cc1. The molecule has 1 saturated heterocycles. The largest absolute Gasteiger partial charge is 0.491 e. The molecule has 1 aliphatic heterocycles. The van der Waals surface area contributed by atoms with Gasteiger partial charge in [-0.25, -0.2) is 4.39 Å². The maximum absolute atomic E-state index is 15.1. The van der Waals surface area contributed by atoms with Gasteiger partial charge in [-0.3, -0.25) is 4.90 Å². The lowest BCUT2D eigenvalue weighted by molar-refractivity contribution is 0.100. The Kier molecular flexibility index (Phi) is 8.21. The zero-order valence-corrected chi connectivity index (χ0v) is 19.9. The summed E-state index contributed by atoms with van der Waals surface area (Å²) in [5, 5.41) is 29.4. The number of ether oxygens (including phenoxy) is 1. The number of aliphatic hydroxyl groups excluding tert-OH is 2. The number of β-amino-alcohol motifs (C(OH)–C–C–N with tert-alkyl or cyclic N) is 1. The Morgan fingerprint density at radius 3 is 2.49 bits per heavy atom. The summed E-state index contributed by atoms with van der Waals surface area (Å²) in [5.41, 5.74) is 2.76. The highest BCUT2D eigenvalue weighted by Crippen LogP contribution is 2.35. The third kappa shape index (κ3) is 6.11. The molecule has 2 N–H and O–H groups in total. The smallest absolute Gasteiger partial charge is 0.150 e. The van der Waals surface area contributed by atoms with E-state index >= 15 is 4.39 Å². The molecule has 6 nitrogen and oxygen atoms in total. The minimum Gasteiger partial charge on any atom is -0.491 e. The number of nitrogens with zero attached hydrogens (tertiary/aromatic N) is 3. The molecule has 35 heavy (non-hydrogen) atoms. The molecule has 4 rings (SSSR count). The van der Waals surface area contributed by atoms with E-state index in [9.17, 15) is 5.11 Å². The van der Waals surface area contributed by atoms with Crippen molar-refractivity contribution in [2.45, 2.75) is 12.1 Å². The minimum atomic E-state index is -0.708. The van der Waals surface area contributed by atoms with Crippen molar-refractivity contribution in [3.05, 3.63) is 94.3 Å². The molecule has 0 amide bonds. The van der Waals surface area contributed by atoms with Crippen molar-refractivity contribution in [3.8, 4) is 11.8 Å². The lowest BCUT2D eigenvalue weighted by Crippen LogP contribution is -2.49. The first kappa shape index (κ1) is 25.0. The fourth-order valence-electron chi connectivity index (χ4n) is 4.37. The average Bonchev–Trinajstić information content (AvgIpc) is 2.88. The van der Waals surface area contributed by atoms with Crippen molar-refractivity contribution in [2.75, 3.05) is 44.3 Å². The van der Waals surface area contributed by atoms with Gasteiger partial charge in [-0.1, -0.05) is 35.9 Å². The standard InChI is InChI=1S/C27H27ClFN3O3/c28-22-7-5-20(6-8-22)26-17-31(18-27(34)21-3-1-19(16-30)2-4-21)11-12-32(26)25-10-9-23(15-24(25)29)35-14-13-33/h1-10,15,26-27,33-34H,11-14,17-18H2/t26-,27+/m0/s1. The monoisotopic (exact) mass is 495 g/mol. The molecule has 0 unspecified atom stereocenters. The molecule has 0 radical (unpaired) electrons. The molecule has 0 saturated carbocycles. The predicted octanol–water partition coefficient (Wildman–Crippen LogP) is 4.32. The summed E-state index contributed by atoms with van der Waals surface area (Å²) < 4.78 is 20.5. The van der Waals surface area contributed by atoms with E-state index in [2.05, 4.69) is 11.0 Å².